The van der Waals surface area contributed by atoms with Gasteiger partial charge in [-0.2, -0.15) is 4.68 Å². The van der Waals surface area contributed by atoms with E-state index >= 15 is 0 Å². The Balaban J connectivity index is 2.07. The molecule has 0 aliphatic heterocycles. The van der Waals surface area contributed by atoms with E-state index in [0.717, 1.165) is 5.56 Å². The minimum Gasteiger partial charge on any atom is -0.396 e. The molecule has 1 aromatic heterocycles. The van der Waals surface area contributed by atoms with E-state index in [1.807, 2.05) is 26.0 Å². The summed E-state index contributed by atoms with van der Waals surface area (Å²) in [7, 11) is 0. The summed E-state index contributed by atoms with van der Waals surface area (Å²) >= 11 is 6.11. The molecule has 0 radical (unpaired) electrons. The Morgan fingerprint density at radius 2 is 1.93 bits per heavy atom. The van der Waals surface area contributed by atoms with Crippen LogP contribution in [0.15, 0.2) is 53.3 Å². The zero-order valence-electron chi connectivity index (χ0n) is 16.3. The minimum atomic E-state index is -0.422. The summed E-state index contributed by atoms with van der Waals surface area (Å²) in [5, 5.41) is 16.8. The number of aliphatic hydroxyl groups is 1. The van der Waals surface area contributed by atoms with Crippen molar-refractivity contribution >= 4 is 17.5 Å². The topological polar surface area (TPSA) is 89.2 Å². The third-order valence-electron chi connectivity index (χ3n) is 4.28. The van der Waals surface area contributed by atoms with Crippen molar-refractivity contribution in [3.8, 4) is 17.1 Å². The van der Waals surface area contributed by atoms with E-state index in [1.54, 1.807) is 36.4 Å². The largest absolute Gasteiger partial charge is 0.396 e. The van der Waals surface area contributed by atoms with Crippen LogP contribution in [0.5, 0.6) is 0 Å². The predicted molar refractivity (Wildman–Crippen MR) is 112 cm³/mol. The van der Waals surface area contributed by atoms with Gasteiger partial charge in [0.05, 0.1) is 5.69 Å². The normalized spacial score (nSPS) is 11.1. The highest BCUT2D eigenvalue weighted by Crippen LogP contribution is 2.21. The van der Waals surface area contributed by atoms with E-state index in [0.29, 0.717) is 28.5 Å². The van der Waals surface area contributed by atoms with Gasteiger partial charge in [0, 0.05) is 23.2 Å². The van der Waals surface area contributed by atoms with Crippen molar-refractivity contribution in [3.05, 3.63) is 69.6 Å². The second-order valence-electron chi connectivity index (χ2n) is 6.98. The Hall–Kier alpha value is -2.90. The summed E-state index contributed by atoms with van der Waals surface area (Å²) in [4.78, 5) is 25.4. The number of aromatic nitrogens is 3. The van der Waals surface area contributed by atoms with Crippen molar-refractivity contribution in [2.24, 2.45) is 0 Å². The second-order valence-corrected chi connectivity index (χ2v) is 7.41. The van der Waals surface area contributed by atoms with E-state index < -0.39 is 5.69 Å². The molecule has 0 atom stereocenters. The van der Waals surface area contributed by atoms with Gasteiger partial charge in [-0.3, -0.25) is 9.36 Å². The lowest BCUT2D eigenvalue weighted by molar-refractivity contribution is -0.122. The van der Waals surface area contributed by atoms with E-state index in [-0.39, 0.29) is 25.1 Å². The molecule has 2 N–H and O–H groups in total. The Morgan fingerprint density at radius 3 is 2.55 bits per heavy atom. The summed E-state index contributed by atoms with van der Waals surface area (Å²) < 4.78 is 2.60. The number of aliphatic hydroxyl groups excluding tert-OH is 1. The Morgan fingerprint density at radius 1 is 1.21 bits per heavy atom. The molecular weight excluding hydrogens is 392 g/mol. The third kappa shape index (κ3) is 4.93. The van der Waals surface area contributed by atoms with Crippen molar-refractivity contribution < 1.29 is 9.90 Å². The highest BCUT2D eigenvalue weighted by Gasteiger charge is 2.19. The quantitative estimate of drug-likeness (QED) is 0.621. The summed E-state index contributed by atoms with van der Waals surface area (Å²) in [6.45, 7) is 3.62. The molecule has 0 aliphatic carbocycles. The standard InChI is InChI=1S/C21H23ClN4O3/c1-14(2)23-19(28)13-25-20(16-4-3-5-17(22)12-16)24-26(21(25)29)18-8-6-15(7-9-18)10-11-27/h3-9,12,14,27H,10-11,13H2,1-2H3,(H,23,28). The van der Waals surface area contributed by atoms with Crippen LogP contribution in [0.2, 0.25) is 5.02 Å². The van der Waals surface area contributed by atoms with Crippen molar-refractivity contribution in [1.29, 1.82) is 0 Å². The fraction of sp³-hybridized carbons (Fsp3) is 0.286. The number of nitrogens with one attached hydrogen (secondary N) is 1. The number of halogens is 1. The van der Waals surface area contributed by atoms with E-state index in [1.165, 1.54) is 9.25 Å². The van der Waals surface area contributed by atoms with Crippen LogP contribution in [0.4, 0.5) is 0 Å². The van der Waals surface area contributed by atoms with Crippen molar-refractivity contribution in [3.63, 3.8) is 0 Å². The number of nitrogens with zero attached hydrogens (tertiary/aromatic N) is 3. The van der Waals surface area contributed by atoms with Gasteiger partial charge in [0.2, 0.25) is 5.91 Å². The van der Waals surface area contributed by atoms with Crippen LogP contribution in [0.3, 0.4) is 0 Å². The molecule has 0 saturated heterocycles. The molecular formula is C21H23ClN4O3. The first-order valence-corrected chi connectivity index (χ1v) is 9.72. The van der Waals surface area contributed by atoms with Gasteiger partial charge >= 0.3 is 5.69 Å². The predicted octanol–water partition coefficient (Wildman–Crippen LogP) is 2.41. The van der Waals surface area contributed by atoms with Gasteiger partial charge in [-0.05, 0) is 50.1 Å². The van der Waals surface area contributed by atoms with Gasteiger partial charge in [0.15, 0.2) is 5.82 Å². The molecule has 0 spiro atoms. The highest BCUT2D eigenvalue weighted by atomic mass is 35.5. The van der Waals surface area contributed by atoms with Gasteiger partial charge in [-0.15, -0.1) is 5.10 Å². The molecule has 0 aliphatic rings. The van der Waals surface area contributed by atoms with Crippen molar-refractivity contribution in [1.82, 2.24) is 19.7 Å². The molecule has 0 fully saturated rings. The molecule has 1 amide bonds. The molecule has 0 bridgehead atoms. The first-order valence-electron chi connectivity index (χ1n) is 9.34. The highest BCUT2D eigenvalue weighted by molar-refractivity contribution is 6.30. The fourth-order valence-corrected chi connectivity index (χ4v) is 3.18. The molecule has 3 aromatic rings. The average Bonchev–Trinajstić information content (AvgIpc) is 2.98. The maximum Gasteiger partial charge on any atom is 0.351 e. The monoisotopic (exact) mass is 414 g/mol. The Labute approximate surface area is 173 Å². The van der Waals surface area contributed by atoms with Crippen LogP contribution >= 0.6 is 11.6 Å². The zero-order chi connectivity index (χ0) is 21.0. The first-order chi connectivity index (χ1) is 13.9. The summed E-state index contributed by atoms with van der Waals surface area (Å²) in [6.07, 6.45) is 0.534. The Kier molecular flexibility index (Phi) is 6.51. The SMILES string of the molecule is CC(C)NC(=O)Cn1c(-c2cccc(Cl)c2)nn(-c2ccc(CCO)cc2)c1=O. The number of amides is 1. The van der Waals surface area contributed by atoms with Crippen LogP contribution in [0.1, 0.15) is 19.4 Å². The maximum absolute atomic E-state index is 13.1. The lowest BCUT2D eigenvalue weighted by Crippen LogP contribution is -2.36. The first kappa shape index (κ1) is 20.8. The van der Waals surface area contributed by atoms with Gasteiger partial charge in [-0.1, -0.05) is 35.9 Å². The number of rotatable bonds is 7. The lowest BCUT2D eigenvalue weighted by atomic mass is 10.1. The van der Waals surface area contributed by atoms with E-state index in [4.69, 9.17) is 16.7 Å². The van der Waals surface area contributed by atoms with E-state index in [2.05, 4.69) is 10.4 Å². The fourth-order valence-electron chi connectivity index (χ4n) is 2.99. The van der Waals surface area contributed by atoms with Gasteiger partial charge in [-0.25, -0.2) is 4.79 Å². The van der Waals surface area contributed by atoms with Crippen LogP contribution < -0.4 is 11.0 Å². The zero-order valence-corrected chi connectivity index (χ0v) is 17.1. The maximum atomic E-state index is 13.1. The minimum absolute atomic E-state index is 0.0399. The molecule has 29 heavy (non-hydrogen) atoms. The molecule has 152 valence electrons. The summed E-state index contributed by atoms with van der Waals surface area (Å²) in [6, 6.07) is 14.2. The van der Waals surface area contributed by atoms with Gasteiger partial charge < -0.3 is 10.4 Å². The molecule has 7 nitrogen and oxygen atoms in total. The molecule has 0 saturated carbocycles. The van der Waals surface area contributed by atoms with Crippen LogP contribution in [0.25, 0.3) is 17.1 Å². The number of hydrogen-bond acceptors (Lipinski definition) is 4. The Bertz CT molecular complexity index is 1050. The van der Waals surface area contributed by atoms with E-state index in [9.17, 15) is 9.59 Å². The van der Waals surface area contributed by atoms with Crippen LogP contribution in [0, 0.1) is 0 Å². The van der Waals surface area contributed by atoms with Gasteiger partial charge in [0.1, 0.15) is 6.54 Å². The van der Waals surface area contributed by atoms with Crippen LogP contribution in [-0.4, -0.2) is 38.0 Å². The lowest BCUT2D eigenvalue weighted by Gasteiger charge is -2.09. The number of carbonyl (C=O) groups excluding carboxylic acids is 1. The molecule has 3 rings (SSSR count). The number of carbonyl (C=O) groups is 1. The summed E-state index contributed by atoms with van der Waals surface area (Å²) in [5.74, 6) is 0.0825. The molecule has 1 heterocycles. The van der Waals surface area contributed by atoms with Gasteiger partial charge in [0.25, 0.3) is 0 Å². The van der Waals surface area contributed by atoms with Crippen molar-refractivity contribution in [2.45, 2.75) is 32.9 Å². The second kappa shape index (κ2) is 9.07. The van der Waals surface area contributed by atoms with Crippen molar-refractivity contribution in [2.75, 3.05) is 6.61 Å². The molecule has 2 aromatic carbocycles. The number of benzene rings is 2. The van der Waals surface area contributed by atoms with Crippen LogP contribution in [-0.2, 0) is 17.8 Å². The average molecular weight is 415 g/mol. The number of hydrogen-bond donors (Lipinski definition) is 2. The molecule has 0 unspecified atom stereocenters. The summed E-state index contributed by atoms with van der Waals surface area (Å²) in [5.41, 5.74) is 1.74. The molecule has 8 heteroatoms. The smallest absolute Gasteiger partial charge is 0.351 e. The third-order valence-corrected chi connectivity index (χ3v) is 4.51.